The van der Waals surface area contributed by atoms with Crippen LogP contribution in [0, 0.1) is 5.41 Å². The van der Waals surface area contributed by atoms with Crippen LogP contribution >= 0.6 is 0 Å². The number of esters is 1. The molecule has 2 rings (SSSR count). The van der Waals surface area contributed by atoms with Gasteiger partial charge < -0.3 is 24.8 Å². The molecule has 1 amide bonds. The number of quaternary nitrogens is 2. The van der Waals surface area contributed by atoms with Crippen LogP contribution in [0.3, 0.4) is 0 Å². The Balaban J connectivity index is 2.02. The Labute approximate surface area is 175 Å². The molecule has 0 aromatic heterocycles. The van der Waals surface area contributed by atoms with Gasteiger partial charge in [0.2, 0.25) is 0 Å². The molecule has 1 aromatic rings. The normalized spacial score (nSPS) is 20.6. The molecule has 29 heavy (non-hydrogen) atoms. The van der Waals surface area contributed by atoms with Crippen molar-refractivity contribution in [2.45, 2.75) is 26.8 Å². The van der Waals surface area contributed by atoms with Crippen LogP contribution in [0.5, 0.6) is 0 Å². The molecule has 1 atom stereocenters. The van der Waals surface area contributed by atoms with Gasteiger partial charge in [-0.15, -0.1) is 0 Å². The van der Waals surface area contributed by atoms with Crippen molar-refractivity contribution in [3.8, 4) is 0 Å². The van der Waals surface area contributed by atoms with Gasteiger partial charge in [-0.2, -0.15) is 0 Å². The molecule has 1 aromatic carbocycles. The van der Waals surface area contributed by atoms with Crippen molar-refractivity contribution in [2.75, 3.05) is 65.4 Å². The van der Waals surface area contributed by atoms with Crippen molar-refractivity contribution in [1.29, 1.82) is 0 Å². The van der Waals surface area contributed by atoms with Crippen LogP contribution in [0.2, 0.25) is 0 Å². The van der Waals surface area contributed by atoms with Gasteiger partial charge in [0.05, 0.1) is 19.0 Å². The van der Waals surface area contributed by atoms with Crippen molar-refractivity contribution in [1.82, 2.24) is 5.32 Å². The van der Waals surface area contributed by atoms with Gasteiger partial charge in [0.1, 0.15) is 32.2 Å². The summed E-state index contributed by atoms with van der Waals surface area (Å²) in [6, 6.07) is 8.74. The predicted octanol–water partition coefficient (Wildman–Crippen LogP) is -1.09. The first kappa shape index (κ1) is 23.2. The number of ether oxygens (including phenoxy) is 1. The van der Waals surface area contributed by atoms with Crippen LogP contribution in [-0.4, -0.2) is 72.4 Å². The van der Waals surface area contributed by atoms with E-state index in [-0.39, 0.29) is 24.5 Å². The highest BCUT2D eigenvalue weighted by molar-refractivity contribution is 5.82. The Hall–Kier alpha value is -2.12. The van der Waals surface area contributed by atoms with Crippen molar-refractivity contribution in [2.24, 2.45) is 5.41 Å². The van der Waals surface area contributed by atoms with Gasteiger partial charge in [0.15, 0.2) is 6.61 Å². The summed E-state index contributed by atoms with van der Waals surface area (Å²) >= 11 is 0. The summed E-state index contributed by atoms with van der Waals surface area (Å²) in [5, 5.41) is 2.98. The molecule has 7 heteroatoms. The van der Waals surface area contributed by atoms with Gasteiger partial charge in [-0.1, -0.05) is 12.1 Å². The van der Waals surface area contributed by atoms with Crippen LogP contribution < -0.4 is 20.0 Å². The topological polar surface area (TPSA) is 67.5 Å². The van der Waals surface area contributed by atoms with Crippen molar-refractivity contribution >= 4 is 17.6 Å². The number of likely N-dealkylation sites (N-methyl/N-ethyl adjacent to an activating group) is 1. The molecule has 0 bridgehead atoms. The van der Waals surface area contributed by atoms with E-state index in [1.807, 2.05) is 14.1 Å². The third-order valence-electron chi connectivity index (χ3n) is 5.50. The van der Waals surface area contributed by atoms with E-state index in [0.717, 1.165) is 31.9 Å². The average Bonchev–Trinajstić information content (AvgIpc) is 2.67. The number of carbonyl (C=O) groups is 2. The highest BCUT2D eigenvalue weighted by Gasteiger charge is 2.30. The maximum absolute atomic E-state index is 12.3. The first-order valence-corrected chi connectivity index (χ1v) is 10.4. The fourth-order valence-electron chi connectivity index (χ4n) is 3.46. The molecule has 1 aliphatic heterocycles. The second-order valence-corrected chi connectivity index (χ2v) is 9.28. The molecule has 0 unspecified atom stereocenters. The zero-order chi connectivity index (χ0) is 21.6. The lowest BCUT2D eigenvalue weighted by Gasteiger charge is -2.33. The van der Waals surface area contributed by atoms with Gasteiger partial charge in [-0.3, -0.25) is 9.59 Å². The third-order valence-corrected chi connectivity index (χ3v) is 5.50. The van der Waals surface area contributed by atoms with E-state index in [9.17, 15) is 9.59 Å². The van der Waals surface area contributed by atoms with Crippen LogP contribution in [0.25, 0.3) is 0 Å². The molecule has 0 saturated carbocycles. The number of piperazine rings is 1. The summed E-state index contributed by atoms with van der Waals surface area (Å²) in [5.41, 5.74) is 1.77. The molecule has 3 N–H and O–H groups in total. The summed E-state index contributed by atoms with van der Waals surface area (Å²) in [7, 11) is 6.28. The van der Waals surface area contributed by atoms with Crippen molar-refractivity contribution < 1.29 is 24.1 Å². The lowest BCUT2D eigenvalue weighted by Crippen LogP contribution is -3.27. The summed E-state index contributed by atoms with van der Waals surface area (Å²) in [6.45, 7) is 10.0. The minimum atomic E-state index is -0.608. The van der Waals surface area contributed by atoms with Crippen LogP contribution in [0.15, 0.2) is 24.3 Å². The summed E-state index contributed by atoms with van der Waals surface area (Å²) < 4.78 is 5.14. The number of hydrogen-bond acceptors (Lipinski definition) is 4. The molecular formula is C22H38N4O3+2. The maximum atomic E-state index is 12.3. The molecule has 1 saturated heterocycles. The molecule has 162 valence electrons. The highest BCUT2D eigenvalue weighted by Crippen LogP contribution is 2.17. The van der Waals surface area contributed by atoms with Crippen molar-refractivity contribution in [3.63, 3.8) is 0 Å². The molecule has 1 fully saturated rings. The van der Waals surface area contributed by atoms with E-state index in [1.165, 1.54) is 10.5 Å². The molecule has 0 spiro atoms. The first-order chi connectivity index (χ1) is 13.6. The van der Waals surface area contributed by atoms with E-state index in [1.54, 1.807) is 25.7 Å². The van der Waals surface area contributed by atoms with E-state index >= 15 is 0 Å². The second kappa shape index (κ2) is 10.1. The van der Waals surface area contributed by atoms with Gasteiger partial charge in [0.25, 0.3) is 5.91 Å². The number of benzene rings is 1. The molecule has 1 aliphatic rings. The zero-order valence-corrected chi connectivity index (χ0v) is 18.8. The molecule has 0 radical (unpaired) electrons. The monoisotopic (exact) mass is 406 g/mol. The van der Waals surface area contributed by atoms with E-state index in [0.29, 0.717) is 6.54 Å². The standard InChI is InChI=1S/C22H36N4O3/c1-22(2,3)21(28)29-16-20(27)23-15-19(26-13-11-25(6)12-14-26)17-7-9-18(10-8-17)24(4)5/h7-10,19H,11-16H2,1-6H3,(H,23,27)/p+2/t19-/m1/s1. The lowest BCUT2D eigenvalue weighted by molar-refractivity contribution is -1.02. The molecule has 7 nitrogen and oxygen atoms in total. The van der Waals surface area contributed by atoms with Crippen LogP contribution in [-0.2, 0) is 14.3 Å². The summed E-state index contributed by atoms with van der Waals surface area (Å²) in [5.74, 6) is -0.618. The van der Waals surface area contributed by atoms with Gasteiger partial charge in [0, 0.05) is 25.3 Å². The summed E-state index contributed by atoms with van der Waals surface area (Å²) in [4.78, 5) is 29.3. The fourth-order valence-corrected chi connectivity index (χ4v) is 3.46. The highest BCUT2D eigenvalue weighted by atomic mass is 16.5. The number of anilines is 1. The lowest BCUT2D eigenvalue weighted by atomic mass is 9.97. The Kier molecular flexibility index (Phi) is 8.05. The number of hydrogen-bond donors (Lipinski definition) is 3. The van der Waals surface area contributed by atoms with Gasteiger partial charge >= 0.3 is 5.97 Å². The van der Waals surface area contributed by atoms with Gasteiger partial charge in [-0.05, 0) is 32.9 Å². The Bertz CT molecular complexity index is 674. The average molecular weight is 407 g/mol. The predicted molar refractivity (Wildman–Crippen MR) is 114 cm³/mol. The first-order valence-electron chi connectivity index (χ1n) is 10.4. The molecular weight excluding hydrogens is 368 g/mol. The largest absolute Gasteiger partial charge is 0.455 e. The second-order valence-electron chi connectivity index (χ2n) is 9.28. The number of carbonyl (C=O) groups excluding carboxylic acids is 2. The number of rotatable bonds is 7. The molecule has 1 heterocycles. The van der Waals surface area contributed by atoms with E-state index < -0.39 is 5.41 Å². The quantitative estimate of drug-likeness (QED) is 0.504. The SMILES string of the molecule is CN(C)c1ccc([C@@H](CNC(=O)COC(=O)C(C)(C)C)[NH+]2CC[NH+](C)CC2)cc1. The summed E-state index contributed by atoms with van der Waals surface area (Å²) in [6.07, 6.45) is 0. The van der Waals surface area contributed by atoms with Crippen LogP contribution in [0.1, 0.15) is 32.4 Å². The van der Waals surface area contributed by atoms with E-state index in [2.05, 4.69) is 41.5 Å². The Morgan fingerprint density at radius 3 is 2.21 bits per heavy atom. The maximum Gasteiger partial charge on any atom is 0.311 e. The number of nitrogens with one attached hydrogen (secondary N) is 3. The van der Waals surface area contributed by atoms with Crippen molar-refractivity contribution in [3.05, 3.63) is 29.8 Å². The number of amides is 1. The third kappa shape index (κ3) is 7.01. The van der Waals surface area contributed by atoms with Gasteiger partial charge in [-0.25, -0.2) is 0 Å². The fraction of sp³-hybridized carbons (Fsp3) is 0.636. The minimum absolute atomic E-state index is 0.182. The molecule has 0 aliphatic carbocycles. The van der Waals surface area contributed by atoms with E-state index in [4.69, 9.17) is 4.74 Å². The minimum Gasteiger partial charge on any atom is -0.455 e. The Morgan fingerprint density at radius 2 is 1.69 bits per heavy atom. The smallest absolute Gasteiger partial charge is 0.311 e. The van der Waals surface area contributed by atoms with Crippen LogP contribution in [0.4, 0.5) is 5.69 Å². The number of nitrogens with zero attached hydrogens (tertiary/aromatic N) is 1. The zero-order valence-electron chi connectivity index (χ0n) is 18.8. The Morgan fingerprint density at radius 1 is 1.10 bits per heavy atom.